The molecule has 0 saturated carbocycles. The summed E-state index contributed by atoms with van der Waals surface area (Å²) in [4.78, 5) is 18.7. The predicted octanol–water partition coefficient (Wildman–Crippen LogP) is 1.14. The van der Waals surface area contributed by atoms with Crippen LogP contribution >= 0.6 is 0 Å². The molecule has 2 heterocycles. The van der Waals surface area contributed by atoms with Crippen LogP contribution in [0.3, 0.4) is 0 Å². The maximum absolute atomic E-state index is 11.9. The highest BCUT2D eigenvalue weighted by Gasteiger charge is 2.36. The van der Waals surface area contributed by atoms with Gasteiger partial charge >= 0.3 is 5.97 Å². The number of nitrogens with zero attached hydrogens (tertiary/aromatic N) is 2. The third-order valence-electron chi connectivity index (χ3n) is 4.84. The monoisotopic (exact) mass is 355 g/mol. The van der Waals surface area contributed by atoms with Crippen LogP contribution < -0.4 is 5.32 Å². The van der Waals surface area contributed by atoms with E-state index >= 15 is 0 Å². The predicted molar refractivity (Wildman–Crippen MR) is 96.6 cm³/mol. The summed E-state index contributed by atoms with van der Waals surface area (Å²) >= 11 is 0. The number of carbonyl (C=O) groups excluding carboxylic acids is 1. The van der Waals surface area contributed by atoms with E-state index in [1.807, 2.05) is 0 Å². The molecule has 144 valence electrons. The molecule has 0 aromatic carbocycles. The van der Waals surface area contributed by atoms with Gasteiger partial charge in [0.05, 0.1) is 26.2 Å². The number of rotatable bonds is 8. The number of aliphatic imine (C=N–C) groups is 1. The number of hydrogen-bond acceptors (Lipinski definition) is 5. The molecule has 0 bridgehead atoms. The Labute approximate surface area is 151 Å². The lowest BCUT2D eigenvalue weighted by molar-refractivity contribution is -0.145. The van der Waals surface area contributed by atoms with Crippen molar-refractivity contribution >= 4 is 11.9 Å². The van der Waals surface area contributed by atoms with Gasteiger partial charge in [-0.2, -0.15) is 0 Å². The van der Waals surface area contributed by atoms with Gasteiger partial charge in [-0.05, 0) is 25.7 Å². The van der Waals surface area contributed by atoms with Crippen molar-refractivity contribution < 1.29 is 19.0 Å². The van der Waals surface area contributed by atoms with Crippen molar-refractivity contribution in [3.63, 3.8) is 0 Å². The van der Waals surface area contributed by atoms with Gasteiger partial charge in [0.15, 0.2) is 5.96 Å². The number of likely N-dealkylation sites (tertiary alicyclic amines) is 1. The van der Waals surface area contributed by atoms with E-state index in [0.29, 0.717) is 12.5 Å². The van der Waals surface area contributed by atoms with E-state index in [4.69, 9.17) is 19.2 Å². The Morgan fingerprint density at radius 3 is 2.92 bits per heavy atom. The standard InChI is InChI=1S/C18H33N3O4/c1-4-19-18(21-10-14(2)16(11-21)17(22)23-3)20-7-5-8-24-12-15-6-9-25-13-15/h14-16H,4-13H2,1-3H3,(H,19,20). The molecule has 2 saturated heterocycles. The first-order chi connectivity index (χ1) is 12.2. The number of nitrogens with one attached hydrogen (secondary N) is 1. The Morgan fingerprint density at radius 1 is 1.40 bits per heavy atom. The van der Waals surface area contributed by atoms with Crippen LogP contribution in [0.25, 0.3) is 0 Å². The summed E-state index contributed by atoms with van der Waals surface area (Å²) < 4.78 is 16.0. The smallest absolute Gasteiger partial charge is 0.310 e. The largest absolute Gasteiger partial charge is 0.469 e. The lowest BCUT2D eigenvalue weighted by atomic mass is 9.99. The summed E-state index contributed by atoms with van der Waals surface area (Å²) in [6.07, 6.45) is 2.00. The Morgan fingerprint density at radius 2 is 2.24 bits per heavy atom. The van der Waals surface area contributed by atoms with Crippen molar-refractivity contribution in [1.29, 1.82) is 0 Å². The third kappa shape index (κ3) is 6.15. The van der Waals surface area contributed by atoms with Crippen molar-refractivity contribution in [2.24, 2.45) is 22.7 Å². The van der Waals surface area contributed by atoms with Crippen molar-refractivity contribution in [3.05, 3.63) is 0 Å². The fraction of sp³-hybridized carbons (Fsp3) is 0.889. The number of esters is 1. The maximum Gasteiger partial charge on any atom is 0.310 e. The van der Waals surface area contributed by atoms with E-state index in [0.717, 1.165) is 64.9 Å². The molecule has 3 unspecified atom stereocenters. The fourth-order valence-corrected chi connectivity index (χ4v) is 3.34. The summed E-state index contributed by atoms with van der Waals surface area (Å²) in [7, 11) is 1.45. The van der Waals surface area contributed by atoms with Crippen LogP contribution in [0, 0.1) is 17.8 Å². The quantitative estimate of drug-likeness (QED) is 0.305. The van der Waals surface area contributed by atoms with Crippen LogP contribution in [0.15, 0.2) is 4.99 Å². The van der Waals surface area contributed by atoms with Gasteiger partial charge in [0.1, 0.15) is 0 Å². The molecule has 2 fully saturated rings. The molecular formula is C18H33N3O4. The maximum atomic E-state index is 11.9. The Kier molecular flexibility index (Phi) is 8.48. The minimum absolute atomic E-state index is 0.0779. The lowest BCUT2D eigenvalue weighted by Gasteiger charge is -2.21. The molecule has 2 aliphatic heterocycles. The summed E-state index contributed by atoms with van der Waals surface area (Å²) in [5.41, 5.74) is 0. The van der Waals surface area contributed by atoms with Crippen molar-refractivity contribution in [3.8, 4) is 0 Å². The van der Waals surface area contributed by atoms with Gasteiger partial charge in [0, 0.05) is 45.3 Å². The molecular weight excluding hydrogens is 322 g/mol. The van der Waals surface area contributed by atoms with Gasteiger partial charge in [-0.1, -0.05) is 6.92 Å². The topological polar surface area (TPSA) is 72.4 Å². The van der Waals surface area contributed by atoms with E-state index in [-0.39, 0.29) is 17.8 Å². The number of guanidine groups is 1. The van der Waals surface area contributed by atoms with Gasteiger partial charge < -0.3 is 24.4 Å². The molecule has 3 atom stereocenters. The van der Waals surface area contributed by atoms with Crippen molar-refractivity contribution in [2.45, 2.75) is 26.7 Å². The average Bonchev–Trinajstić information content (AvgIpc) is 3.26. The molecule has 0 spiro atoms. The summed E-state index contributed by atoms with van der Waals surface area (Å²) in [6, 6.07) is 0. The second kappa shape index (κ2) is 10.6. The number of hydrogen-bond donors (Lipinski definition) is 1. The molecule has 1 N–H and O–H groups in total. The summed E-state index contributed by atoms with van der Waals surface area (Å²) in [5, 5.41) is 3.32. The third-order valence-corrected chi connectivity index (χ3v) is 4.84. The first kappa shape index (κ1) is 20.0. The first-order valence-electron chi connectivity index (χ1n) is 9.42. The molecule has 25 heavy (non-hydrogen) atoms. The molecule has 0 aromatic heterocycles. The number of methoxy groups -OCH3 is 1. The second-order valence-corrected chi connectivity index (χ2v) is 6.91. The lowest BCUT2D eigenvalue weighted by Crippen LogP contribution is -2.40. The van der Waals surface area contributed by atoms with E-state index in [1.54, 1.807) is 0 Å². The minimum atomic E-state index is -0.129. The van der Waals surface area contributed by atoms with Crippen LogP contribution in [0.2, 0.25) is 0 Å². The molecule has 7 nitrogen and oxygen atoms in total. The molecule has 0 radical (unpaired) electrons. The molecule has 0 aromatic rings. The zero-order chi connectivity index (χ0) is 18.1. The van der Waals surface area contributed by atoms with E-state index in [1.165, 1.54) is 7.11 Å². The van der Waals surface area contributed by atoms with Gasteiger partial charge in [-0.15, -0.1) is 0 Å². The number of carbonyl (C=O) groups is 1. The highest BCUT2D eigenvalue weighted by molar-refractivity contribution is 5.82. The van der Waals surface area contributed by atoms with E-state index in [9.17, 15) is 4.79 Å². The van der Waals surface area contributed by atoms with Crippen molar-refractivity contribution in [2.75, 3.05) is 59.7 Å². The van der Waals surface area contributed by atoms with Gasteiger partial charge in [0.2, 0.25) is 0 Å². The van der Waals surface area contributed by atoms with Gasteiger partial charge in [-0.3, -0.25) is 9.79 Å². The van der Waals surface area contributed by atoms with E-state index < -0.39 is 0 Å². The Bertz CT molecular complexity index is 438. The summed E-state index contributed by atoms with van der Waals surface area (Å²) in [5.74, 6) is 1.50. The van der Waals surface area contributed by atoms with Crippen LogP contribution in [0.5, 0.6) is 0 Å². The zero-order valence-electron chi connectivity index (χ0n) is 15.8. The number of ether oxygens (including phenoxy) is 3. The average molecular weight is 355 g/mol. The van der Waals surface area contributed by atoms with Crippen LogP contribution in [-0.2, 0) is 19.0 Å². The SMILES string of the molecule is CCNC(=NCCCOCC1CCOC1)N1CC(C)C(C(=O)OC)C1. The second-order valence-electron chi connectivity index (χ2n) is 6.91. The van der Waals surface area contributed by atoms with Crippen LogP contribution in [0.1, 0.15) is 26.7 Å². The fourth-order valence-electron chi connectivity index (χ4n) is 3.34. The Balaban J connectivity index is 1.73. The minimum Gasteiger partial charge on any atom is -0.469 e. The van der Waals surface area contributed by atoms with Crippen LogP contribution in [0.4, 0.5) is 0 Å². The highest BCUT2D eigenvalue weighted by Crippen LogP contribution is 2.24. The molecule has 2 aliphatic rings. The molecule has 0 aliphatic carbocycles. The normalized spacial score (nSPS) is 26.9. The van der Waals surface area contributed by atoms with Gasteiger partial charge in [0.25, 0.3) is 0 Å². The zero-order valence-corrected chi connectivity index (χ0v) is 15.8. The van der Waals surface area contributed by atoms with Crippen molar-refractivity contribution in [1.82, 2.24) is 10.2 Å². The first-order valence-corrected chi connectivity index (χ1v) is 9.42. The van der Waals surface area contributed by atoms with Crippen LogP contribution in [-0.4, -0.2) is 76.5 Å². The molecule has 7 heteroatoms. The van der Waals surface area contributed by atoms with E-state index in [2.05, 4.69) is 24.1 Å². The highest BCUT2D eigenvalue weighted by atomic mass is 16.5. The summed E-state index contributed by atoms with van der Waals surface area (Å²) in [6.45, 7) is 10.4. The molecule has 2 rings (SSSR count). The Hall–Kier alpha value is -1.34. The van der Waals surface area contributed by atoms with Gasteiger partial charge in [-0.25, -0.2) is 0 Å². The molecule has 0 amide bonds.